The van der Waals surface area contributed by atoms with Gasteiger partial charge in [-0.05, 0) is 36.2 Å². The van der Waals surface area contributed by atoms with Crippen molar-refractivity contribution in [1.82, 2.24) is 9.47 Å². The second kappa shape index (κ2) is 8.43. The van der Waals surface area contributed by atoms with Crippen molar-refractivity contribution in [2.24, 2.45) is 18.9 Å². The van der Waals surface area contributed by atoms with Gasteiger partial charge in [0, 0.05) is 23.6 Å². The summed E-state index contributed by atoms with van der Waals surface area (Å²) >= 11 is 7.82. The number of aromatic nitrogens is 2. The number of hydrogen-bond donors (Lipinski definition) is 1. The molecule has 4 atom stereocenters. The first kappa shape index (κ1) is 23.5. The minimum atomic E-state index is -0.851. The van der Waals surface area contributed by atoms with Gasteiger partial charge in [-0.2, -0.15) is 4.40 Å². The van der Waals surface area contributed by atoms with Crippen LogP contribution in [0.3, 0.4) is 0 Å². The maximum Gasteiger partial charge on any atom is 0.355 e. The Balaban J connectivity index is 1.50. The Bertz CT molecular complexity index is 1410. The zero-order valence-electron chi connectivity index (χ0n) is 19.0. The summed E-state index contributed by atoms with van der Waals surface area (Å²) in [6.07, 6.45) is 2.84. The van der Waals surface area contributed by atoms with E-state index in [2.05, 4.69) is 0 Å². The minimum absolute atomic E-state index is 0.0611. The molecule has 1 aromatic carbocycles. The van der Waals surface area contributed by atoms with E-state index in [1.807, 2.05) is 30.9 Å². The topological polar surface area (TPSA) is 119 Å². The summed E-state index contributed by atoms with van der Waals surface area (Å²) in [5, 5.41) is 21.6. The van der Waals surface area contributed by atoms with E-state index in [1.165, 1.54) is 40.5 Å². The van der Waals surface area contributed by atoms with Crippen LogP contribution in [0.1, 0.15) is 24.3 Å². The molecule has 2 aromatic heterocycles. The number of thiazole rings is 1. The number of β-lactam (4-membered cyclic amide) rings is 1. The van der Waals surface area contributed by atoms with E-state index >= 15 is 0 Å². The number of benzene rings is 1. The quantitative estimate of drug-likeness (QED) is 0.176. The predicted molar refractivity (Wildman–Crippen MR) is 126 cm³/mol. The van der Waals surface area contributed by atoms with E-state index < -0.39 is 22.9 Å². The van der Waals surface area contributed by atoms with Crippen molar-refractivity contribution < 1.29 is 28.8 Å². The summed E-state index contributed by atoms with van der Waals surface area (Å²) in [4.78, 5) is 39.7. The fourth-order valence-electron chi connectivity index (χ4n) is 4.93. The Labute approximate surface area is 208 Å². The lowest BCUT2D eigenvalue weighted by molar-refractivity contribution is -0.508. The van der Waals surface area contributed by atoms with E-state index in [0.717, 1.165) is 9.71 Å². The number of nitrogens with zero attached hydrogens (tertiary/aromatic N) is 4. The lowest BCUT2D eigenvalue weighted by Gasteiger charge is -2.46. The monoisotopic (exact) mass is 517 g/mol. The van der Waals surface area contributed by atoms with Gasteiger partial charge in [0.25, 0.3) is 17.2 Å². The number of aryl methyl sites for hydroxylation is 1. The van der Waals surface area contributed by atoms with Crippen LogP contribution in [0.15, 0.2) is 42.5 Å². The second-order valence-electron chi connectivity index (χ2n) is 8.84. The van der Waals surface area contributed by atoms with Crippen molar-refractivity contribution in [1.29, 1.82) is 0 Å². The highest BCUT2D eigenvalue weighted by atomic mass is 35.5. The van der Waals surface area contributed by atoms with Gasteiger partial charge >= 0.3 is 5.97 Å². The van der Waals surface area contributed by atoms with E-state index in [4.69, 9.17) is 16.3 Å². The summed E-state index contributed by atoms with van der Waals surface area (Å²) in [6.45, 7) is 3.40. The van der Waals surface area contributed by atoms with Gasteiger partial charge in [0.15, 0.2) is 0 Å². The molecule has 0 spiro atoms. The third-order valence-electron chi connectivity index (χ3n) is 6.63. The van der Waals surface area contributed by atoms with Crippen LogP contribution in [-0.2, 0) is 28.0 Å². The minimum Gasteiger partial charge on any atom is -0.456 e. The fraction of sp³-hybridized carbons (Fsp3) is 0.348. The number of aliphatic hydroxyl groups is 1. The van der Waals surface area contributed by atoms with Crippen molar-refractivity contribution in [3.05, 3.63) is 68.2 Å². The van der Waals surface area contributed by atoms with Crippen molar-refractivity contribution in [3.63, 3.8) is 0 Å². The van der Waals surface area contributed by atoms with Crippen molar-refractivity contribution in [2.45, 2.75) is 32.6 Å². The maximum absolute atomic E-state index is 13.3. The zero-order valence-corrected chi connectivity index (χ0v) is 20.6. The molecular formula is C23H22ClN4O6S+. The first-order valence-electron chi connectivity index (χ1n) is 10.9. The van der Waals surface area contributed by atoms with Crippen LogP contribution in [0, 0.1) is 22.0 Å². The molecule has 1 fully saturated rings. The molecule has 3 aromatic rings. The van der Waals surface area contributed by atoms with Crippen LogP contribution in [0.2, 0.25) is 5.15 Å². The van der Waals surface area contributed by atoms with Gasteiger partial charge in [-0.3, -0.25) is 14.9 Å². The SMILES string of the molecule is C[C@@H](O)[C@H]1C(=O)N2C(C(=O)OCc3ccc([N+](=O)[O-])cc3)=C(c3c[n+]4cn(C)c(Cl)c4s3)[C@H](C)[C@H]12. The van der Waals surface area contributed by atoms with Crippen LogP contribution in [0.25, 0.3) is 10.4 Å². The first-order chi connectivity index (χ1) is 16.6. The van der Waals surface area contributed by atoms with Gasteiger partial charge in [-0.15, -0.1) is 0 Å². The second-order valence-corrected chi connectivity index (χ2v) is 10.2. The maximum atomic E-state index is 13.3. The molecule has 1 N–H and O–H groups in total. The highest BCUT2D eigenvalue weighted by Crippen LogP contribution is 2.51. The molecule has 12 heteroatoms. The molecule has 35 heavy (non-hydrogen) atoms. The Morgan fingerprint density at radius 2 is 2.06 bits per heavy atom. The Hall–Kier alpha value is -3.28. The molecule has 2 aliphatic heterocycles. The molecular weight excluding hydrogens is 496 g/mol. The number of carbonyl (C=O) groups excluding carboxylic acids is 2. The molecule has 4 heterocycles. The van der Waals surface area contributed by atoms with Gasteiger partial charge in [-0.25, -0.2) is 9.36 Å². The van der Waals surface area contributed by atoms with E-state index in [0.29, 0.717) is 16.3 Å². The number of esters is 1. The van der Waals surface area contributed by atoms with Gasteiger partial charge in [0.05, 0.1) is 34.9 Å². The predicted octanol–water partition coefficient (Wildman–Crippen LogP) is 2.70. The third-order valence-corrected chi connectivity index (χ3v) is 8.33. The molecule has 1 saturated heterocycles. The van der Waals surface area contributed by atoms with Crippen LogP contribution in [0.5, 0.6) is 0 Å². The zero-order chi connectivity index (χ0) is 25.2. The lowest BCUT2D eigenvalue weighted by atomic mass is 9.77. The van der Waals surface area contributed by atoms with E-state index in [9.17, 15) is 24.8 Å². The molecule has 10 nitrogen and oxygen atoms in total. The van der Waals surface area contributed by atoms with Crippen molar-refractivity contribution in [3.8, 4) is 0 Å². The summed E-state index contributed by atoms with van der Waals surface area (Å²) in [5.41, 5.74) is 1.35. The van der Waals surface area contributed by atoms with E-state index in [-0.39, 0.29) is 35.9 Å². The smallest absolute Gasteiger partial charge is 0.355 e. The lowest BCUT2D eigenvalue weighted by Crippen LogP contribution is -2.63. The molecule has 0 saturated carbocycles. The average molecular weight is 518 g/mol. The van der Waals surface area contributed by atoms with Crippen molar-refractivity contribution >= 4 is 50.9 Å². The number of non-ortho nitro benzene ring substituents is 1. The largest absolute Gasteiger partial charge is 0.456 e. The van der Waals surface area contributed by atoms with Crippen LogP contribution in [0.4, 0.5) is 5.69 Å². The first-order valence-corrected chi connectivity index (χ1v) is 12.1. The fourth-order valence-corrected chi connectivity index (χ4v) is 6.39. The van der Waals surface area contributed by atoms with Gasteiger partial charge in [-0.1, -0.05) is 18.3 Å². The number of imidazole rings is 1. The highest BCUT2D eigenvalue weighted by Gasteiger charge is 2.60. The number of halogens is 1. The Morgan fingerprint density at radius 1 is 1.37 bits per heavy atom. The average Bonchev–Trinajstić information content (AvgIpc) is 3.41. The molecule has 2 aliphatic rings. The molecule has 0 aliphatic carbocycles. The number of ether oxygens (including phenoxy) is 1. The van der Waals surface area contributed by atoms with Crippen LogP contribution in [-0.4, -0.2) is 43.5 Å². The number of rotatable bonds is 6. The third kappa shape index (κ3) is 3.62. The summed E-state index contributed by atoms with van der Waals surface area (Å²) in [7, 11) is 1.83. The highest BCUT2D eigenvalue weighted by molar-refractivity contribution is 7.18. The van der Waals surface area contributed by atoms with Crippen molar-refractivity contribution in [2.75, 3.05) is 0 Å². The Morgan fingerprint density at radius 3 is 2.66 bits per heavy atom. The van der Waals surface area contributed by atoms with Gasteiger partial charge < -0.3 is 14.7 Å². The number of amides is 1. The number of aliphatic hydroxyl groups excluding tert-OH is 1. The number of nitro benzene ring substituents is 1. The summed E-state index contributed by atoms with van der Waals surface area (Å²) in [5.74, 6) is -1.81. The molecule has 0 unspecified atom stereocenters. The molecule has 0 bridgehead atoms. The number of hydrogen-bond acceptors (Lipinski definition) is 7. The molecule has 1 amide bonds. The van der Waals surface area contributed by atoms with Gasteiger partial charge in [0.1, 0.15) is 18.5 Å². The van der Waals surface area contributed by atoms with Gasteiger partial charge in [0.2, 0.25) is 10.7 Å². The summed E-state index contributed by atoms with van der Waals surface area (Å²) in [6, 6.07) is 5.36. The number of fused-ring (bicyclic) bond motifs is 2. The molecule has 182 valence electrons. The Kier molecular flexibility index (Phi) is 5.65. The molecule has 0 radical (unpaired) electrons. The standard InChI is InChI=1S/C23H22ClN4O6S/c1-11-16(15-8-26-10-25(3)20(24)22(26)35-15)19(27-18(11)17(12(2)29)21(27)30)23(31)34-9-13-4-6-14(7-5-13)28(32)33/h4-8,10-12,17-18,29H,9H2,1-3H3/q+1/t11-,12+,17+,18+/m0/s1. The summed E-state index contributed by atoms with van der Waals surface area (Å²) < 4.78 is 9.20. The van der Waals surface area contributed by atoms with Crippen LogP contribution < -0.4 is 4.40 Å². The number of carbonyl (C=O) groups is 2. The van der Waals surface area contributed by atoms with E-state index in [1.54, 1.807) is 11.5 Å². The number of nitro groups is 1. The normalized spacial score (nSPS) is 22.4. The van der Waals surface area contributed by atoms with Crippen LogP contribution >= 0.6 is 22.9 Å². The molecule has 5 rings (SSSR count).